The third-order valence-corrected chi connectivity index (χ3v) is 5.33. The molecule has 0 aliphatic heterocycles. The number of carbonyl (C=O) groups excluding carboxylic acids is 2. The summed E-state index contributed by atoms with van der Waals surface area (Å²) < 4.78 is 26.5. The topological polar surface area (TPSA) is 80.3 Å². The Morgan fingerprint density at radius 1 is 1.07 bits per heavy atom. The van der Waals surface area contributed by atoms with Gasteiger partial charge < -0.3 is 23.7 Å². The summed E-state index contributed by atoms with van der Waals surface area (Å²) in [6, 6.07) is 0. The minimum absolute atomic E-state index is 0.0516. The van der Waals surface area contributed by atoms with Crippen molar-refractivity contribution in [2.45, 2.75) is 58.5 Å². The monoisotopic (exact) mass is 438 g/mol. The Bertz CT molecular complexity index is 487. The van der Waals surface area contributed by atoms with Gasteiger partial charge in [-0.3, -0.25) is 9.59 Å². The summed E-state index contributed by atoms with van der Waals surface area (Å²) in [5.41, 5.74) is -0.537. The molecule has 0 spiro atoms. The van der Waals surface area contributed by atoms with E-state index in [1.54, 1.807) is 0 Å². The van der Waals surface area contributed by atoms with Crippen LogP contribution in [0, 0.1) is 11.3 Å². The van der Waals surface area contributed by atoms with Crippen LogP contribution in [-0.2, 0) is 33.3 Å². The maximum absolute atomic E-state index is 12.2. The zero-order valence-electron chi connectivity index (χ0n) is 17.9. The summed E-state index contributed by atoms with van der Waals surface area (Å²) in [6.45, 7) is 8.06. The van der Waals surface area contributed by atoms with Crippen LogP contribution in [0.5, 0.6) is 0 Å². The van der Waals surface area contributed by atoms with Crippen LogP contribution >= 0.6 is 24.0 Å². The number of hydrogen-bond acceptors (Lipinski definition) is 9. The van der Waals surface area contributed by atoms with Crippen LogP contribution in [0.1, 0.15) is 47.0 Å². The third-order valence-electron chi connectivity index (χ3n) is 3.85. The molecule has 9 heteroatoms. The predicted molar refractivity (Wildman–Crippen MR) is 113 cm³/mol. The fraction of sp³-hybridized carbons (Fsp3) is 0.842. The van der Waals surface area contributed by atoms with Crippen LogP contribution in [0.4, 0.5) is 0 Å². The summed E-state index contributed by atoms with van der Waals surface area (Å²) >= 11 is 6.62. The van der Waals surface area contributed by atoms with E-state index in [4.69, 9.17) is 35.9 Å². The molecule has 0 heterocycles. The lowest BCUT2D eigenvalue weighted by atomic mass is 9.97. The van der Waals surface area contributed by atoms with E-state index in [2.05, 4.69) is 0 Å². The number of thiocarbonyl (C=S) groups is 1. The first-order valence-electron chi connectivity index (χ1n) is 9.24. The molecular formula is C19H34O7S2. The van der Waals surface area contributed by atoms with Gasteiger partial charge >= 0.3 is 11.9 Å². The first-order chi connectivity index (χ1) is 13.1. The number of methoxy groups -OCH3 is 3. The van der Waals surface area contributed by atoms with Gasteiger partial charge in [-0.25, -0.2) is 0 Å². The molecule has 0 amide bonds. The van der Waals surface area contributed by atoms with Gasteiger partial charge in [-0.05, 0) is 59.2 Å². The Kier molecular flexibility index (Phi) is 13.7. The van der Waals surface area contributed by atoms with Crippen molar-refractivity contribution in [2.24, 2.45) is 11.3 Å². The zero-order valence-corrected chi connectivity index (χ0v) is 19.6. The van der Waals surface area contributed by atoms with Crippen LogP contribution in [0.15, 0.2) is 0 Å². The van der Waals surface area contributed by atoms with Crippen LogP contribution in [0.3, 0.4) is 0 Å². The lowest BCUT2D eigenvalue weighted by Crippen LogP contribution is -2.35. The minimum atomic E-state index is -0.727. The molecule has 0 aliphatic rings. The molecule has 0 aliphatic carbocycles. The van der Waals surface area contributed by atoms with Gasteiger partial charge in [-0.1, -0.05) is 11.8 Å². The maximum Gasteiger partial charge on any atom is 0.313 e. The Morgan fingerprint density at radius 2 is 1.68 bits per heavy atom. The SMILES string of the molecule is CCOC(=S)SC(CCCOC(=O)C(C)(C)C)CC(C(=O)OC)C(OC)OC. The van der Waals surface area contributed by atoms with E-state index in [-0.39, 0.29) is 11.2 Å². The molecule has 0 aromatic carbocycles. The largest absolute Gasteiger partial charge is 0.479 e. The Labute approximate surface area is 178 Å². The van der Waals surface area contributed by atoms with E-state index >= 15 is 0 Å². The molecule has 2 unspecified atom stereocenters. The highest BCUT2D eigenvalue weighted by molar-refractivity contribution is 8.23. The highest BCUT2D eigenvalue weighted by atomic mass is 32.2. The van der Waals surface area contributed by atoms with Crippen molar-refractivity contribution in [2.75, 3.05) is 34.5 Å². The number of ether oxygens (including phenoxy) is 5. The quantitative estimate of drug-likeness (QED) is 0.196. The van der Waals surface area contributed by atoms with Crippen molar-refractivity contribution >= 4 is 40.3 Å². The van der Waals surface area contributed by atoms with Crippen molar-refractivity contribution in [1.82, 2.24) is 0 Å². The van der Waals surface area contributed by atoms with Gasteiger partial charge in [0.05, 0.1) is 25.7 Å². The average Bonchev–Trinajstić information content (AvgIpc) is 2.63. The minimum Gasteiger partial charge on any atom is -0.479 e. The molecule has 0 N–H and O–H groups in total. The second-order valence-corrected chi connectivity index (χ2v) is 9.06. The van der Waals surface area contributed by atoms with Crippen molar-refractivity contribution in [3.8, 4) is 0 Å². The van der Waals surface area contributed by atoms with E-state index in [1.807, 2.05) is 27.7 Å². The molecule has 0 radical (unpaired) electrons. The van der Waals surface area contributed by atoms with Crippen molar-refractivity contribution in [1.29, 1.82) is 0 Å². The van der Waals surface area contributed by atoms with Gasteiger partial charge in [0.25, 0.3) is 0 Å². The molecule has 28 heavy (non-hydrogen) atoms. The molecule has 7 nitrogen and oxygen atoms in total. The molecule has 2 atom stereocenters. The summed E-state index contributed by atoms with van der Waals surface area (Å²) in [5.74, 6) is -1.27. The number of hydrogen-bond donors (Lipinski definition) is 0. The fourth-order valence-corrected chi connectivity index (χ4v) is 3.96. The lowest BCUT2D eigenvalue weighted by molar-refractivity contribution is -0.175. The summed E-state index contributed by atoms with van der Waals surface area (Å²) in [5, 5.41) is -0.0516. The second-order valence-electron chi connectivity index (χ2n) is 7.16. The molecule has 164 valence electrons. The van der Waals surface area contributed by atoms with Gasteiger partial charge in [-0.2, -0.15) is 0 Å². The first-order valence-corrected chi connectivity index (χ1v) is 10.5. The number of carbonyl (C=O) groups is 2. The number of thioether (sulfide) groups is 1. The molecule has 0 bridgehead atoms. The van der Waals surface area contributed by atoms with E-state index in [1.165, 1.54) is 33.1 Å². The Balaban J connectivity index is 5.00. The molecule has 0 rings (SSSR count). The Morgan fingerprint density at radius 3 is 2.14 bits per heavy atom. The highest BCUT2D eigenvalue weighted by Gasteiger charge is 2.33. The second kappa shape index (κ2) is 14.1. The van der Waals surface area contributed by atoms with E-state index in [0.29, 0.717) is 36.9 Å². The molecule has 0 aromatic rings. The third kappa shape index (κ3) is 10.6. The van der Waals surface area contributed by atoms with Crippen molar-refractivity contribution in [3.63, 3.8) is 0 Å². The van der Waals surface area contributed by atoms with E-state index < -0.39 is 23.6 Å². The van der Waals surface area contributed by atoms with Gasteiger partial charge in [0.1, 0.15) is 5.92 Å². The maximum atomic E-state index is 12.2. The number of esters is 2. The molecular weight excluding hydrogens is 404 g/mol. The highest BCUT2D eigenvalue weighted by Crippen LogP contribution is 2.29. The van der Waals surface area contributed by atoms with Crippen LogP contribution < -0.4 is 0 Å². The van der Waals surface area contributed by atoms with Gasteiger partial charge in [0, 0.05) is 19.5 Å². The standard InChI is InChI=1S/C19H34O7S2/c1-8-25-18(27)28-13(10-9-11-26-17(21)19(2,3)4)12-14(15(20)22-5)16(23-6)24-7/h13-14,16H,8-12H2,1-7H3. The molecule has 0 aromatic heterocycles. The summed E-state index contributed by atoms with van der Waals surface area (Å²) in [6.07, 6.45) is 0.995. The van der Waals surface area contributed by atoms with Crippen molar-refractivity contribution in [3.05, 3.63) is 0 Å². The van der Waals surface area contributed by atoms with Crippen molar-refractivity contribution < 1.29 is 33.3 Å². The normalized spacial score (nSPS) is 13.7. The van der Waals surface area contributed by atoms with Crippen LogP contribution in [0.25, 0.3) is 0 Å². The van der Waals surface area contributed by atoms with Crippen LogP contribution in [-0.4, -0.2) is 62.4 Å². The summed E-state index contributed by atoms with van der Waals surface area (Å²) in [4.78, 5) is 24.1. The average molecular weight is 439 g/mol. The van der Waals surface area contributed by atoms with E-state index in [9.17, 15) is 9.59 Å². The summed E-state index contributed by atoms with van der Waals surface area (Å²) in [7, 11) is 4.28. The zero-order chi connectivity index (χ0) is 21.7. The van der Waals surface area contributed by atoms with E-state index in [0.717, 1.165) is 0 Å². The Hall–Kier alpha value is -0.900. The van der Waals surface area contributed by atoms with Gasteiger partial charge in [0.2, 0.25) is 4.38 Å². The lowest BCUT2D eigenvalue weighted by Gasteiger charge is -2.26. The van der Waals surface area contributed by atoms with Gasteiger partial charge in [-0.15, -0.1) is 0 Å². The molecule has 0 saturated carbocycles. The predicted octanol–water partition coefficient (Wildman–Crippen LogP) is 3.58. The smallest absolute Gasteiger partial charge is 0.313 e. The molecule has 0 saturated heterocycles. The number of rotatable bonds is 12. The fourth-order valence-electron chi connectivity index (χ4n) is 2.38. The first kappa shape index (κ1) is 27.1. The molecule has 0 fully saturated rings. The van der Waals surface area contributed by atoms with Crippen LogP contribution in [0.2, 0.25) is 0 Å². The van der Waals surface area contributed by atoms with Gasteiger partial charge in [0.15, 0.2) is 6.29 Å².